The van der Waals surface area contributed by atoms with Crippen LogP contribution in [0, 0.1) is 17.8 Å². The Labute approximate surface area is 163 Å². The number of carbonyl (C=O) groups is 3. The number of imide groups is 1. The maximum absolute atomic E-state index is 13.0. The zero-order chi connectivity index (χ0) is 19.7. The number of aromatic nitrogens is 2. The quantitative estimate of drug-likeness (QED) is 0.595. The molecule has 0 bridgehead atoms. The van der Waals surface area contributed by atoms with Gasteiger partial charge in [0.1, 0.15) is 11.0 Å². The summed E-state index contributed by atoms with van der Waals surface area (Å²) in [5, 5.41) is 12.1. The number of allylic oxidation sites excluding steroid dienone is 2. The van der Waals surface area contributed by atoms with Crippen molar-refractivity contribution in [1.29, 1.82) is 0 Å². The minimum atomic E-state index is -0.818. The molecule has 1 N–H and O–H groups in total. The van der Waals surface area contributed by atoms with Gasteiger partial charge < -0.3 is 0 Å². The van der Waals surface area contributed by atoms with Crippen molar-refractivity contribution in [2.24, 2.45) is 17.8 Å². The Morgan fingerprint density at radius 1 is 1.15 bits per heavy atom. The topological polar surface area (TPSA) is 92.3 Å². The highest BCUT2D eigenvalue weighted by Crippen LogP contribution is 2.37. The Morgan fingerprint density at radius 3 is 2.22 bits per heavy atom. The predicted molar refractivity (Wildman–Crippen MR) is 103 cm³/mol. The molecule has 1 aromatic heterocycles. The van der Waals surface area contributed by atoms with E-state index in [1.807, 2.05) is 39.8 Å². The van der Waals surface area contributed by atoms with Gasteiger partial charge in [-0.25, -0.2) is 0 Å². The molecule has 3 amide bonds. The first-order chi connectivity index (χ1) is 12.8. The molecule has 3 atom stereocenters. The zero-order valence-electron chi connectivity index (χ0n) is 16.1. The zero-order valence-corrected chi connectivity index (χ0v) is 17.0. The van der Waals surface area contributed by atoms with Gasteiger partial charge in [-0.05, 0) is 25.2 Å². The molecule has 1 aliphatic heterocycles. The molecule has 27 heavy (non-hydrogen) atoms. The number of nitrogens with one attached hydrogen (secondary N) is 1. The number of anilines is 1. The first-order valence-corrected chi connectivity index (χ1v) is 10.3. The summed E-state index contributed by atoms with van der Waals surface area (Å²) >= 11 is 1.32. The monoisotopic (exact) mass is 390 g/mol. The van der Waals surface area contributed by atoms with Crippen LogP contribution in [0.1, 0.15) is 57.9 Å². The van der Waals surface area contributed by atoms with E-state index in [1.54, 1.807) is 0 Å². The van der Waals surface area contributed by atoms with Crippen LogP contribution < -0.4 is 5.32 Å². The predicted octanol–water partition coefficient (Wildman–Crippen LogP) is 2.97. The van der Waals surface area contributed by atoms with Gasteiger partial charge >= 0.3 is 0 Å². The van der Waals surface area contributed by atoms with E-state index in [-0.39, 0.29) is 41.4 Å². The average molecular weight is 391 g/mol. The van der Waals surface area contributed by atoms with E-state index in [0.29, 0.717) is 24.4 Å². The molecule has 0 saturated carbocycles. The van der Waals surface area contributed by atoms with Crippen molar-refractivity contribution in [1.82, 2.24) is 15.1 Å². The lowest BCUT2D eigenvalue weighted by atomic mass is 9.85. The summed E-state index contributed by atoms with van der Waals surface area (Å²) in [5.41, 5.74) is 0. The Morgan fingerprint density at radius 2 is 1.74 bits per heavy atom. The molecule has 0 radical (unpaired) electrons. The Kier molecular flexibility index (Phi) is 5.74. The summed E-state index contributed by atoms with van der Waals surface area (Å²) in [4.78, 5) is 40.0. The molecular formula is C19H26N4O3S. The lowest BCUT2D eigenvalue weighted by molar-refractivity contribution is -0.147. The number of amides is 3. The van der Waals surface area contributed by atoms with Crippen molar-refractivity contribution < 1.29 is 14.4 Å². The van der Waals surface area contributed by atoms with Gasteiger partial charge in [0, 0.05) is 5.92 Å². The van der Waals surface area contributed by atoms with Gasteiger partial charge in [-0.2, -0.15) is 0 Å². The standard InChI is InChI=1S/C19H26N4O3S/c1-10(2)9-14(15(24)20-19-22-21-16(27-19)11(3)4)23-17(25)12-7-5-6-8-13(12)18(23)26/h5-6,10-14H,7-9H2,1-4H3,(H,20,22,24). The van der Waals surface area contributed by atoms with Crippen LogP contribution in [-0.2, 0) is 14.4 Å². The molecule has 1 fully saturated rings. The molecule has 0 spiro atoms. The Hall–Kier alpha value is -2.09. The third kappa shape index (κ3) is 3.95. The van der Waals surface area contributed by atoms with Crippen LogP contribution in [0.4, 0.5) is 5.13 Å². The summed E-state index contributed by atoms with van der Waals surface area (Å²) in [6.07, 6.45) is 5.45. The van der Waals surface area contributed by atoms with Gasteiger partial charge in [-0.3, -0.25) is 24.6 Å². The van der Waals surface area contributed by atoms with E-state index >= 15 is 0 Å². The summed E-state index contributed by atoms with van der Waals surface area (Å²) < 4.78 is 0. The molecule has 3 unspecified atom stereocenters. The lowest BCUT2D eigenvalue weighted by Gasteiger charge is -2.26. The molecule has 1 saturated heterocycles. The van der Waals surface area contributed by atoms with Crippen LogP contribution >= 0.6 is 11.3 Å². The number of nitrogens with zero attached hydrogens (tertiary/aromatic N) is 3. The van der Waals surface area contributed by atoms with E-state index in [2.05, 4.69) is 15.5 Å². The maximum Gasteiger partial charge on any atom is 0.249 e. The minimum absolute atomic E-state index is 0.155. The van der Waals surface area contributed by atoms with E-state index in [4.69, 9.17) is 0 Å². The van der Waals surface area contributed by atoms with Gasteiger partial charge in [0.2, 0.25) is 22.9 Å². The molecule has 2 aliphatic rings. The third-order valence-electron chi connectivity index (χ3n) is 5.02. The van der Waals surface area contributed by atoms with Gasteiger partial charge in [0.25, 0.3) is 0 Å². The molecule has 146 valence electrons. The molecule has 7 nitrogen and oxygen atoms in total. The fourth-order valence-electron chi connectivity index (χ4n) is 3.62. The molecular weight excluding hydrogens is 364 g/mol. The van der Waals surface area contributed by atoms with Crippen molar-refractivity contribution >= 4 is 34.2 Å². The van der Waals surface area contributed by atoms with Crippen LogP contribution in [-0.4, -0.2) is 38.9 Å². The van der Waals surface area contributed by atoms with E-state index in [1.165, 1.54) is 16.2 Å². The van der Waals surface area contributed by atoms with E-state index < -0.39 is 6.04 Å². The Bertz CT molecular complexity index is 745. The fraction of sp³-hybridized carbons (Fsp3) is 0.632. The second-order valence-electron chi connectivity index (χ2n) is 7.94. The smallest absolute Gasteiger partial charge is 0.249 e. The van der Waals surface area contributed by atoms with Gasteiger partial charge in [-0.1, -0.05) is 51.2 Å². The number of hydrogen-bond acceptors (Lipinski definition) is 6. The summed E-state index contributed by atoms with van der Waals surface area (Å²) in [5.74, 6) is -1.12. The minimum Gasteiger partial charge on any atom is -0.299 e. The normalized spacial score (nSPS) is 23.3. The van der Waals surface area contributed by atoms with Crippen molar-refractivity contribution in [3.8, 4) is 0 Å². The number of likely N-dealkylation sites (tertiary alicyclic amines) is 1. The highest BCUT2D eigenvalue weighted by atomic mass is 32.1. The van der Waals surface area contributed by atoms with Crippen LogP contribution in [0.3, 0.4) is 0 Å². The second-order valence-corrected chi connectivity index (χ2v) is 8.95. The first kappa shape index (κ1) is 19.7. The lowest BCUT2D eigenvalue weighted by Crippen LogP contribution is -2.48. The third-order valence-corrected chi connectivity index (χ3v) is 6.15. The van der Waals surface area contributed by atoms with Crippen LogP contribution in [0.25, 0.3) is 0 Å². The molecule has 3 rings (SSSR count). The molecule has 0 aromatic carbocycles. The van der Waals surface area contributed by atoms with Gasteiger partial charge in [-0.15, -0.1) is 10.2 Å². The van der Waals surface area contributed by atoms with Crippen molar-refractivity contribution in [2.45, 2.75) is 58.9 Å². The second kappa shape index (κ2) is 7.88. The average Bonchev–Trinajstić information content (AvgIpc) is 3.17. The number of fused-ring (bicyclic) bond motifs is 1. The van der Waals surface area contributed by atoms with Crippen molar-refractivity contribution in [2.75, 3.05) is 5.32 Å². The maximum atomic E-state index is 13.0. The fourth-order valence-corrected chi connectivity index (χ4v) is 4.37. The number of rotatable bonds is 6. The summed E-state index contributed by atoms with van der Waals surface area (Å²) in [7, 11) is 0. The molecule has 2 heterocycles. The van der Waals surface area contributed by atoms with Crippen LogP contribution in [0.5, 0.6) is 0 Å². The highest BCUT2D eigenvalue weighted by molar-refractivity contribution is 7.15. The molecule has 1 aromatic rings. The van der Waals surface area contributed by atoms with Gasteiger partial charge in [0.05, 0.1) is 11.8 Å². The van der Waals surface area contributed by atoms with E-state index in [0.717, 1.165) is 5.01 Å². The SMILES string of the molecule is CC(C)CC(C(=O)Nc1nnc(C(C)C)s1)N1C(=O)C2CC=CCC2C1=O. The molecule has 1 aliphatic carbocycles. The van der Waals surface area contributed by atoms with Crippen molar-refractivity contribution in [3.63, 3.8) is 0 Å². The number of carbonyl (C=O) groups excluding carboxylic acids is 3. The Balaban J connectivity index is 1.81. The summed E-state index contributed by atoms with van der Waals surface area (Å²) in [6, 6.07) is -0.818. The summed E-state index contributed by atoms with van der Waals surface area (Å²) in [6.45, 7) is 7.96. The van der Waals surface area contributed by atoms with Crippen LogP contribution in [0.15, 0.2) is 12.2 Å². The van der Waals surface area contributed by atoms with Gasteiger partial charge in [0.15, 0.2) is 0 Å². The highest BCUT2D eigenvalue weighted by Gasteiger charge is 2.51. The van der Waals surface area contributed by atoms with Crippen LogP contribution in [0.2, 0.25) is 0 Å². The molecule has 8 heteroatoms. The van der Waals surface area contributed by atoms with E-state index in [9.17, 15) is 14.4 Å². The van der Waals surface area contributed by atoms with Crippen molar-refractivity contribution in [3.05, 3.63) is 17.2 Å². The first-order valence-electron chi connectivity index (χ1n) is 9.45. The number of hydrogen-bond donors (Lipinski definition) is 1. The largest absolute Gasteiger partial charge is 0.299 e.